The first kappa shape index (κ1) is 15.3. The van der Waals surface area contributed by atoms with E-state index in [1.54, 1.807) is 4.90 Å². The van der Waals surface area contributed by atoms with Crippen molar-refractivity contribution in [3.8, 4) is 0 Å². The highest BCUT2D eigenvalue weighted by Gasteiger charge is 2.46. The van der Waals surface area contributed by atoms with E-state index in [-0.39, 0.29) is 5.91 Å². The molecule has 0 aromatic rings. The smallest absolute Gasteiger partial charge is 0.326 e. The molecule has 2 rings (SSSR count). The standard InChI is InChI=1S/C15H26N2O3/c1-3-11-6-9-17(12(10-11)13(18)19)14(20)15(4-2)7-5-8-16-15/h11-12,16H,3-10H2,1-2H3,(H,18,19). The fourth-order valence-corrected chi connectivity index (χ4v) is 3.60. The van der Waals surface area contributed by atoms with E-state index in [1.807, 2.05) is 6.92 Å². The van der Waals surface area contributed by atoms with Gasteiger partial charge in [-0.3, -0.25) is 4.79 Å². The Bertz CT molecular complexity index is 377. The zero-order valence-electron chi connectivity index (χ0n) is 12.5. The van der Waals surface area contributed by atoms with Gasteiger partial charge in [0.1, 0.15) is 6.04 Å². The molecule has 0 saturated carbocycles. The highest BCUT2D eigenvalue weighted by atomic mass is 16.4. The number of piperidine rings is 1. The number of rotatable bonds is 4. The minimum atomic E-state index is -0.860. The molecular formula is C15H26N2O3. The van der Waals surface area contributed by atoms with Crippen molar-refractivity contribution in [3.05, 3.63) is 0 Å². The highest BCUT2D eigenvalue weighted by molar-refractivity contribution is 5.90. The van der Waals surface area contributed by atoms with Gasteiger partial charge in [-0.2, -0.15) is 0 Å². The third-order valence-electron chi connectivity index (χ3n) is 5.09. The summed E-state index contributed by atoms with van der Waals surface area (Å²) in [5.74, 6) is -0.436. The summed E-state index contributed by atoms with van der Waals surface area (Å²) in [6.45, 7) is 5.53. The summed E-state index contributed by atoms with van der Waals surface area (Å²) in [5, 5.41) is 12.8. The first-order valence-electron chi connectivity index (χ1n) is 7.83. The summed E-state index contributed by atoms with van der Waals surface area (Å²) in [6.07, 6.45) is 5.04. The molecule has 2 fully saturated rings. The van der Waals surface area contributed by atoms with Crippen molar-refractivity contribution in [2.75, 3.05) is 13.1 Å². The van der Waals surface area contributed by atoms with E-state index in [4.69, 9.17) is 0 Å². The average molecular weight is 282 g/mol. The van der Waals surface area contributed by atoms with Crippen molar-refractivity contribution in [1.82, 2.24) is 10.2 Å². The first-order chi connectivity index (χ1) is 9.54. The number of hydrogen-bond donors (Lipinski definition) is 2. The van der Waals surface area contributed by atoms with Crippen molar-refractivity contribution < 1.29 is 14.7 Å². The van der Waals surface area contributed by atoms with Gasteiger partial charge in [-0.05, 0) is 44.6 Å². The molecule has 5 heteroatoms. The molecule has 2 aliphatic heterocycles. The van der Waals surface area contributed by atoms with Gasteiger partial charge in [0.15, 0.2) is 0 Å². The summed E-state index contributed by atoms with van der Waals surface area (Å²) in [7, 11) is 0. The molecule has 0 bridgehead atoms. The lowest BCUT2D eigenvalue weighted by Crippen LogP contribution is -2.60. The number of hydrogen-bond acceptors (Lipinski definition) is 3. The Morgan fingerprint density at radius 2 is 2.15 bits per heavy atom. The molecule has 2 aliphatic rings. The Hall–Kier alpha value is -1.10. The Morgan fingerprint density at radius 1 is 1.40 bits per heavy atom. The summed E-state index contributed by atoms with van der Waals surface area (Å²) in [4.78, 5) is 26.0. The molecular weight excluding hydrogens is 256 g/mol. The van der Waals surface area contributed by atoms with Gasteiger partial charge in [0.25, 0.3) is 0 Å². The molecule has 0 aromatic heterocycles. The lowest BCUT2D eigenvalue weighted by molar-refractivity contribution is -0.156. The van der Waals surface area contributed by atoms with Gasteiger partial charge in [0, 0.05) is 6.54 Å². The predicted molar refractivity (Wildman–Crippen MR) is 76.4 cm³/mol. The van der Waals surface area contributed by atoms with Crippen LogP contribution >= 0.6 is 0 Å². The molecule has 114 valence electrons. The van der Waals surface area contributed by atoms with Gasteiger partial charge in [-0.1, -0.05) is 20.3 Å². The van der Waals surface area contributed by atoms with Crippen LogP contribution in [0.4, 0.5) is 0 Å². The number of carbonyl (C=O) groups excluding carboxylic acids is 1. The fourth-order valence-electron chi connectivity index (χ4n) is 3.60. The molecule has 0 spiro atoms. The van der Waals surface area contributed by atoms with Crippen LogP contribution < -0.4 is 5.32 Å². The van der Waals surface area contributed by atoms with Crippen LogP contribution in [0.3, 0.4) is 0 Å². The van der Waals surface area contributed by atoms with Crippen LogP contribution in [0.1, 0.15) is 52.4 Å². The maximum atomic E-state index is 12.9. The molecule has 0 aliphatic carbocycles. The van der Waals surface area contributed by atoms with Crippen molar-refractivity contribution in [2.24, 2.45) is 5.92 Å². The van der Waals surface area contributed by atoms with Crippen LogP contribution in [0.15, 0.2) is 0 Å². The second-order valence-corrected chi connectivity index (χ2v) is 6.12. The SMILES string of the molecule is CCC1CCN(C(=O)C2(CC)CCCN2)C(C(=O)O)C1. The van der Waals surface area contributed by atoms with Crippen LogP contribution in [-0.4, -0.2) is 46.6 Å². The predicted octanol–water partition coefficient (Wildman–Crippen LogP) is 1.62. The molecule has 20 heavy (non-hydrogen) atoms. The highest BCUT2D eigenvalue weighted by Crippen LogP contribution is 2.31. The van der Waals surface area contributed by atoms with Crippen LogP contribution in [0.2, 0.25) is 0 Å². The Kier molecular flexibility index (Phi) is 4.68. The molecule has 1 amide bonds. The van der Waals surface area contributed by atoms with Gasteiger partial charge < -0.3 is 15.3 Å². The normalized spacial score (nSPS) is 34.2. The number of carbonyl (C=O) groups is 2. The number of amides is 1. The number of nitrogens with one attached hydrogen (secondary N) is 1. The molecule has 5 nitrogen and oxygen atoms in total. The van der Waals surface area contributed by atoms with Gasteiger partial charge in [0.05, 0.1) is 5.54 Å². The topological polar surface area (TPSA) is 69.6 Å². The molecule has 3 atom stereocenters. The number of aliphatic carboxylic acids is 1. The summed E-state index contributed by atoms with van der Waals surface area (Å²) < 4.78 is 0. The van der Waals surface area contributed by atoms with Crippen molar-refractivity contribution in [3.63, 3.8) is 0 Å². The Morgan fingerprint density at radius 3 is 2.65 bits per heavy atom. The maximum Gasteiger partial charge on any atom is 0.326 e. The molecule has 0 aromatic carbocycles. The summed E-state index contributed by atoms with van der Waals surface area (Å²) >= 11 is 0. The van der Waals surface area contributed by atoms with Crippen molar-refractivity contribution in [1.29, 1.82) is 0 Å². The maximum absolute atomic E-state index is 12.9. The molecule has 3 unspecified atom stereocenters. The van der Waals surface area contributed by atoms with Crippen LogP contribution in [-0.2, 0) is 9.59 Å². The Labute approximate surface area is 120 Å². The van der Waals surface area contributed by atoms with Crippen LogP contribution in [0, 0.1) is 5.92 Å². The van der Waals surface area contributed by atoms with E-state index < -0.39 is 17.6 Å². The minimum absolute atomic E-state index is 0.000506. The largest absolute Gasteiger partial charge is 0.480 e. The van der Waals surface area contributed by atoms with Gasteiger partial charge in [-0.25, -0.2) is 4.79 Å². The number of carboxylic acids is 1. The van der Waals surface area contributed by atoms with Gasteiger partial charge in [-0.15, -0.1) is 0 Å². The van der Waals surface area contributed by atoms with Gasteiger partial charge in [0.2, 0.25) is 5.91 Å². The van der Waals surface area contributed by atoms with Crippen molar-refractivity contribution in [2.45, 2.75) is 64.0 Å². The monoisotopic (exact) mass is 282 g/mol. The molecule has 0 radical (unpaired) electrons. The van der Waals surface area contributed by atoms with Crippen LogP contribution in [0.25, 0.3) is 0 Å². The third-order valence-corrected chi connectivity index (χ3v) is 5.09. The molecule has 2 N–H and O–H groups in total. The molecule has 2 saturated heterocycles. The minimum Gasteiger partial charge on any atom is -0.480 e. The van der Waals surface area contributed by atoms with E-state index in [0.29, 0.717) is 18.9 Å². The number of carboxylic acid groups (broad SMARTS) is 1. The zero-order chi connectivity index (χ0) is 14.8. The lowest BCUT2D eigenvalue weighted by Gasteiger charge is -2.41. The van der Waals surface area contributed by atoms with E-state index in [0.717, 1.165) is 38.6 Å². The average Bonchev–Trinajstić information content (AvgIpc) is 2.95. The van der Waals surface area contributed by atoms with Gasteiger partial charge >= 0.3 is 5.97 Å². The Balaban J connectivity index is 2.17. The third kappa shape index (κ3) is 2.68. The fraction of sp³-hybridized carbons (Fsp3) is 0.867. The van der Waals surface area contributed by atoms with E-state index in [1.165, 1.54) is 0 Å². The zero-order valence-corrected chi connectivity index (χ0v) is 12.5. The van der Waals surface area contributed by atoms with Crippen LogP contribution in [0.5, 0.6) is 0 Å². The summed E-state index contributed by atoms with van der Waals surface area (Å²) in [6, 6.07) is -0.646. The number of nitrogens with zero attached hydrogens (tertiary/aromatic N) is 1. The second-order valence-electron chi connectivity index (χ2n) is 6.12. The quantitative estimate of drug-likeness (QED) is 0.822. The second kappa shape index (κ2) is 6.12. The van der Waals surface area contributed by atoms with E-state index in [9.17, 15) is 14.7 Å². The van der Waals surface area contributed by atoms with E-state index >= 15 is 0 Å². The first-order valence-corrected chi connectivity index (χ1v) is 7.83. The number of likely N-dealkylation sites (tertiary alicyclic amines) is 1. The lowest BCUT2D eigenvalue weighted by atomic mass is 9.85. The summed E-state index contributed by atoms with van der Waals surface area (Å²) in [5.41, 5.74) is -0.521. The van der Waals surface area contributed by atoms with Crippen molar-refractivity contribution >= 4 is 11.9 Å². The van der Waals surface area contributed by atoms with E-state index in [2.05, 4.69) is 12.2 Å². The molecule has 2 heterocycles.